The van der Waals surface area contributed by atoms with Gasteiger partial charge in [-0.1, -0.05) is 23.2 Å². The Labute approximate surface area is 117 Å². The summed E-state index contributed by atoms with van der Waals surface area (Å²) in [7, 11) is 0. The molecule has 18 heavy (non-hydrogen) atoms. The largest absolute Gasteiger partial charge is 0.439 e. The highest BCUT2D eigenvalue weighted by Crippen LogP contribution is 2.33. The molecular weight excluding hydrogens is 273 g/mol. The molecule has 3 nitrogen and oxygen atoms in total. The second-order valence-corrected chi connectivity index (χ2v) is 6.23. The van der Waals surface area contributed by atoms with Gasteiger partial charge in [-0.05, 0) is 44.5 Å². The Morgan fingerprint density at radius 1 is 1.22 bits per heavy atom. The first-order valence-electron chi connectivity index (χ1n) is 5.71. The number of amides is 1. The lowest BCUT2D eigenvalue weighted by Crippen LogP contribution is -2.41. The number of cyclic esters (lactones) is 1. The van der Waals surface area contributed by atoms with Gasteiger partial charge in [0.15, 0.2) is 0 Å². The summed E-state index contributed by atoms with van der Waals surface area (Å²) < 4.78 is 5.37. The monoisotopic (exact) mass is 287 g/mol. The zero-order chi connectivity index (χ0) is 13.5. The Morgan fingerprint density at radius 3 is 2.22 bits per heavy atom. The summed E-state index contributed by atoms with van der Waals surface area (Å²) in [4.78, 5) is 13.5. The summed E-state index contributed by atoms with van der Waals surface area (Å²) in [6.07, 6.45) is -0.614. The van der Waals surface area contributed by atoms with Crippen LogP contribution >= 0.6 is 23.2 Å². The van der Waals surface area contributed by atoms with Crippen molar-refractivity contribution in [2.75, 3.05) is 6.54 Å². The fraction of sp³-hybridized carbons (Fsp3) is 0.462. The number of carbonyl (C=O) groups excluding carboxylic acids is 1. The van der Waals surface area contributed by atoms with Crippen molar-refractivity contribution >= 4 is 29.3 Å². The number of benzene rings is 1. The van der Waals surface area contributed by atoms with E-state index < -0.39 is 0 Å². The number of ether oxygens (including phenoxy) is 1. The predicted molar refractivity (Wildman–Crippen MR) is 72.1 cm³/mol. The average molecular weight is 288 g/mol. The highest BCUT2D eigenvalue weighted by atomic mass is 35.5. The van der Waals surface area contributed by atoms with E-state index in [1.807, 2.05) is 20.8 Å². The van der Waals surface area contributed by atoms with E-state index in [1.54, 1.807) is 23.1 Å². The summed E-state index contributed by atoms with van der Waals surface area (Å²) in [6, 6.07) is 5.21. The summed E-state index contributed by atoms with van der Waals surface area (Å²) in [6.45, 7) is 6.43. The van der Waals surface area contributed by atoms with E-state index in [0.29, 0.717) is 16.6 Å². The van der Waals surface area contributed by atoms with Crippen LogP contribution in [0, 0.1) is 0 Å². The van der Waals surface area contributed by atoms with Gasteiger partial charge < -0.3 is 4.74 Å². The van der Waals surface area contributed by atoms with Crippen LogP contribution in [-0.4, -0.2) is 23.1 Å². The van der Waals surface area contributed by atoms with Gasteiger partial charge in [-0.15, -0.1) is 0 Å². The lowest BCUT2D eigenvalue weighted by atomic mass is 10.0. The van der Waals surface area contributed by atoms with Gasteiger partial charge in [0.2, 0.25) is 0 Å². The highest BCUT2D eigenvalue weighted by Gasteiger charge is 2.38. The normalized spacial score (nSPS) is 20.2. The molecule has 0 aromatic heterocycles. The van der Waals surface area contributed by atoms with Gasteiger partial charge >= 0.3 is 6.09 Å². The van der Waals surface area contributed by atoms with Crippen molar-refractivity contribution in [1.82, 2.24) is 4.90 Å². The van der Waals surface area contributed by atoms with Gasteiger partial charge in [-0.25, -0.2) is 4.79 Å². The van der Waals surface area contributed by atoms with Crippen LogP contribution in [0.4, 0.5) is 4.79 Å². The maximum atomic E-state index is 11.8. The molecule has 1 fully saturated rings. The van der Waals surface area contributed by atoms with E-state index in [2.05, 4.69) is 0 Å². The SMILES string of the molecule is CC(C)(C)N1C[C@H](c2cc(Cl)cc(Cl)c2)OC1=O. The molecule has 2 rings (SSSR count). The van der Waals surface area contributed by atoms with Gasteiger partial charge in [0.05, 0.1) is 6.54 Å². The van der Waals surface area contributed by atoms with E-state index in [1.165, 1.54) is 0 Å². The first kappa shape index (κ1) is 13.5. The van der Waals surface area contributed by atoms with Crippen molar-refractivity contribution in [2.24, 2.45) is 0 Å². The second kappa shape index (κ2) is 4.63. The maximum absolute atomic E-state index is 11.8. The molecule has 0 saturated carbocycles. The maximum Gasteiger partial charge on any atom is 0.411 e. The summed E-state index contributed by atoms with van der Waals surface area (Å²) in [5.74, 6) is 0. The van der Waals surface area contributed by atoms with E-state index in [9.17, 15) is 4.79 Å². The van der Waals surface area contributed by atoms with Gasteiger partial charge in [-0.2, -0.15) is 0 Å². The van der Waals surface area contributed by atoms with Crippen LogP contribution in [0.5, 0.6) is 0 Å². The Bertz CT molecular complexity index is 462. The van der Waals surface area contributed by atoms with Crippen LogP contribution in [0.3, 0.4) is 0 Å². The molecule has 1 saturated heterocycles. The molecule has 1 amide bonds. The second-order valence-electron chi connectivity index (χ2n) is 5.36. The third kappa shape index (κ3) is 2.73. The molecule has 0 bridgehead atoms. The van der Waals surface area contributed by atoms with Crippen LogP contribution in [0.1, 0.15) is 32.4 Å². The zero-order valence-corrected chi connectivity index (χ0v) is 12.0. The van der Waals surface area contributed by atoms with Crippen LogP contribution in [0.25, 0.3) is 0 Å². The van der Waals surface area contributed by atoms with E-state index in [0.717, 1.165) is 5.56 Å². The molecular formula is C13H15Cl2NO2. The highest BCUT2D eigenvalue weighted by molar-refractivity contribution is 6.34. The molecule has 0 radical (unpaired) electrons. The Morgan fingerprint density at radius 2 is 1.78 bits per heavy atom. The van der Waals surface area contributed by atoms with Crippen LogP contribution in [0.2, 0.25) is 10.0 Å². The van der Waals surface area contributed by atoms with Crippen molar-refractivity contribution in [3.05, 3.63) is 33.8 Å². The van der Waals surface area contributed by atoms with Gasteiger partial charge in [0, 0.05) is 15.6 Å². The standard InChI is InChI=1S/C13H15Cl2NO2/c1-13(2,3)16-7-11(18-12(16)17)8-4-9(14)6-10(15)5-8/h4-6,11H,7H2,1-3H3/t11-/m1/s1. The first-order valence-corrected chi connectivity index (χ1v) is 6.47. The lowest BCUT2D eigenvalue weighted by molar-refractivity contribution is 0.120. The average Bonchev–Trinajstić information content (AvgIpc) is 2.58. The van der Waals surface area contributed by atoms with Gasteiger partial charge in [0.25, 0.3) is 0 Å². The van der Waals surface area contributed by atoms with Crippen molar-refractivity contribution in [3.8, 4) is 0 Å². The van der Waals surface area contributed by atoms with Gasteiger partial charge in [0.1, 0.15) is 6.10 Å². The number of carbonyl (C=O) groups is 1. The molecule has 1 aliphatic heterocycles. The minimum atomic E-state index is -0.312. The first-order chi connectivity index (χ1) is 8.27. The Kier molecular flexibility index (Phi) is 3.47. The molecule has 0 N–H and O–H groups in total. The zero-order valence-electron chi connectivity index (χ0n) is 10.5. The molecule has 98 valence electrons. The van der Waals surface area contributed by atoms with Crippen molar-refractivity contribution in [2.45, 2.75) is 32.4 Å². The molecule has 0 aliphatic carbocycles. The number of nitrogens with zero attached hydrogens (tertiary/aromatic N) is 1. The quantitative estimate of drug-likeness (QED) is 0.771. The molecule has 0 unspecified atom stereocenters. The summed E-state index contributed by atoms with van der Waals surface area (Å²) >= 11 is 11.9. The van der Waals surface area contributed by atoms with E-state index in [4.69, 9.17) is 27.9 Å². The minimum Gasteiger partial charge on any atom is -0.439 e. The van der Waals surface area contributed by atoms with Crippen LogP contribution in [-0.2, 0) is 4.74 Å². The Hall–Kier alpha value is -0.930. The van der Waals surface area contributed by atoms with Crippen LogP contribution in [0.15, 0.2) is 18.2 Å². The van der Waals surface area contributed by atoms with Crippen molar-refractivity contribution < 1.29 is 9.53 Å². The predicted octanol–water partition coefficient (Wildman–Crippen LogP) is 4.29. The molecule has 1 aliphatic rings. The minimum absolute atomic E-state index is 0.256. The number of hydrogen-bond acceptors (Lipinski definition) is 2. The van der Waals surface area contributed by atoms with Crippen molar-refractivity contribution in [1.29, 1.82) is 0 Å². The Balaban J connectivity index is 2.24. The molecule has 1 aromatic carbocycles. The lowest BCUT2D eigenvalue weighted by Gasteiger charge is -2.29. The summed E-state index contributed by atoms with van der Waals surface area (Å²) in [5.41, 5.74) is 0.571. The van der Waals surface area contributed by atoms with Crippen molar-refractivity contribution in [3.63, 3.8) is 0 Å². The van der Waals surface area contributed by atoms with E-state index >= 15 is 0 Å². The fourth-order valence-electron chi connectivity index (χ4n) is 1.95. The third-order valence-electron chi connectivity index (χ3n) is 2.88. The fourth-order valence-corrected chi connectivity index (χ4v) is 2.49. The van der Waals surface area contributed by atoms with E-state index in [-0.39, 0.29) is 17.7 Å². The third-order valence-corrected chi connectivity index (χ3v) is 3.31. The molecule has 1 aromatic rings. The summed E-state index contributed by atoms with van der Waals surface area (Å²) in [5, 5.41) is 1.09. The number of halogens is 2. The molecule has 1 heterocycles. The number of hydrogen-bond donors (Lipinski definition) is 0. The van der Waals surface area contributed by atoms with Gasteiger partial charge in [-0.3, -0.25) is 4.90 Å². The molecule has 5 heteroatoms. The van der Waals surface area contributed by atoms with Crippen LogP contribution < -0.4 is 0 Å². The topological polar surface area (TPSA) is 29.5 Å². The smallest absolute Gasteiger partial charge is 0.411 e. The molecule has 0 spiro atoms. The molecule has 1 atom stereocenters. The number of rotatable bonds is 1.